The Morgan fingerprint density at radius 3 is 2.48 bits per heavy atom. The number of amides is 2. The van der Waals surface area contributed by atoms with E-state index in [4.69, 9.17) is 5.11 Å². The van der Waals surface area contributed by atoms with Crippen LogP contribution in [0, 0.1) is 0 Å². The molecule has 0 fully saturated rings. The second kappa shape index (κ2) is 8.03. The molecular weight excluding hydrogens is 344 g/mol. The van der Waals surface area contributed by atoms with Crippen LogP contribution in [0.4, 0.5) is 5.69 Å². The maximum absolute atomic E-state index is 12.5. The first-order valence-electron chi connectivity index (χ1n) is 8.90. The van der Waals surface area contributed by atoms with Crippen LogP contribution in [0.25, 0.3) is 0 Å². The quantitative estimate of drug-likeness (QED) is 0.853. The third-order valence-electron chi connectivity index (χ3n) is 4.79. The van der Waals surface area contributed by atoms with Gasteiger partial charge in [-0.25, -0.2) is 4.79 Å². The van der Waals surface area contributed by atoms with Crippen LogP contribution in [0.1, 0.15) is 34.3 Å². The van der Waals surface area contributed by atoms with Crippen LogP contribution in [-0.2, 0) is 22.6 Å². The minimum Gasteiger partial charge on any atom is -0.478 e. The highest BCUT2D eigenvalue weighted by Gasteiger charge is 2.24. The first kappa shape index (κ1) is 18.6. The van der Waals surface area contributed by atoms with E-state index in [1.807, 2.05) is 24.3 Å². The summed E-state index contributed by atoms with van der Waals surface area (Å²) in [6.45, 7) is 0.750. The van der Waals surface area contributed by atoms with Crippen molar-refractivity contribution in [3.8, 4) is 0 Å². The number of aryl methyl sites for hydroxylation is 1. The maximum atomic E-state index is 12.5. The number of hydrogen-bond donors (Lipinski definition) is 1. The van der Waals surface area contributed by atoms with Crippen molar-refractivity contribution in [3.63, 3.8) is 0 Å². The van der Waals surface area contributed by atoms with Gasteiger partial charge in [0.05, 0.1) is 5.56 Å². The number of para-hydroxylation sites is 1. The maximum Gasteiger partial charge on any atom is 0.335 e. The van der Waals surface area contributed by atoms with Crippen LogP contribution in [0.3, 0.4) is 0 Å². The summed E-state index contributed by atoms with van der Waals surface area (Å²) in [7, 11) is 1.71. The van der Waals surface area contributed by atoms with Gasteiger partial charge in [-0.05, 0) is 35.7 Å². The molecule has 0 saturated carbocycles. The molecule has 3 rings (SSSR count). The fraction of sp³-hybridized carbons (Fsp3) is 0.286. The fourth-order valence-electron chi connectivity index (χ4n) is 3.25. The van der Waals surface area contributed by atoms with Crippen LogP contribution in [0.2, 0.25) is 0 Å². The lowest BCUT2D eigenvalue weighted by Gasteiger charge is -2.29. The van der Waals surface area contributed by atoms with Crippen molar-refractivity contribution in [2.75, 3.05) is 18.5 Å². The second-order valence-electron chi connectivity index (χ2n) is 6.68. The molecule has 0 atom stereocenters. The molecule has 140 valence electrons. The van der Waals surface area contributed by atoms with E-state index >= 15 is 0 Å². The van der Waals surface area contributed by atoms with Gasteiger partial charge in [0.15, 0.2) is 0 Å². The number of hydrogen-bond acceptors (Lipinski definition) is 3. The molecule has 27 heavy (non-hydrogen) atoms. The van der Waals surface area contributed by atoms with Crippen molar-refractivity contribution < 1.29 is 19.5 Å². The molecule has 2 aromatic carbocycles. The summed E-state index contributed by atoms with van der Waals surface area (Å²) in [5.74, 6) is -0.987. The van der Waals surface area contributed by atoms with E-state index in [0.29, 0.717) is 19.5 Å². The van der Waals surface area contributed by atoms with Gasteiger partial charge < -0.3 is 14.9 Å². The molecule has 6 heteroatoms. The lowest BCUT2D eigenvalue weighted by atomic mass is 10.0. The van der Waals surface area contributed by atoms with Crippen molar-refractivity contribution >= 4 is 23.5 Å². The number of carbonyl (C=O) groups excluding carboxylic acids is 2. The summed E-state index contributed by atoms with van der Waals surface area (Å²) in [5.41, 5.74) is 3.11. The van der Waals surface area contributed by atoms with Gasteiger partial charge in [0.2, 0.25) is 11.8 Å². The van der Waals surface area contributed by atoms with Gasteiger partial charge in [-0.3, -0.25) is 9.59 Å². The molecule has 2 amide bonds. The Bertz CT molecular complexity index is 861. The van der Waals surface area contributed by atoms with E-state index in [1.54, 1.807) is 29.0 Å². The van der Waals surface area contributed by atoms with Crippen molar-refractivity contribution in [3.05, 3.63) is 65.2 Å². The number of anilines is 1. The number of nitrogens with zero attached hydrogens (tertiary/aromatic N) is 2. The molecule has 1 heterocycles. The number of carboxylic acid groups (broad SMARTS) is 1. The van der Waals surface area contributed by atoms with Gasteiger partial charge in [-0.2, -0.15) is 0 Å². The molecule has 0 radical (unpaired) electrons. The van der Waals surface area contributed by atoms with Gasteiger partial charge in [-0.15, -0.1) is 0 Å². The van der Waals surface area contributed by atoms with E-state index in [1.165, 1.54) is 12.1 Å². The van der Waals surface area contributed by atoms with E-state index in [-0.39, 0.29) is 23.8 Å². The fourth-order valence-corrected chi connectivity index (χ4v) is 3.25. The monoisotopic (exact) mass is 366 g/mol. The highest BCUT2D eigenvalue weighted by Crippen LogP contribution is 2.27. The second-order valence-corrected chi connectivity index (χ2v) is 6.68. The summed E-state index contributed by atoms with van der Waals surface area (Å²) >= 11 is 0. The molecule has 0 aliphatic carbocycles. The molecule has 1 aliphatic rings. The SMILES string of the molecule is CN(Cc1ccc(C(=O)O)cc1)C(=O)CCN1C(=O)CCc2ccccc21. The Labute approximate surface area is 158 Å². The first-order valence-corrected chi connectivity index (χ1v) is 8.90. The lowest BCUT2D eigenvalue weighted by Crippen LogP contribution is -2.38. The average molecular weight is 366 g/mol. The third-order valence-corrected chi connectivity index (χ3v) is 4.79. The molecule has 1 N–H and O–H groups in total. The van der Waals surface area contributed by atoms with Gasteiger partial charge in [-0.1, -0.05) is 30.3 Å². The Kier molecular flexibility index (Phi) is 5.54. The molecule has 2 aromatic rings. The zero-order valence-corrected chi connectivity index (χ0v) is 15.2. The van der Waals surface area contributed by atoms with Crippen LogP contribution in [-0.4, -0.2) is 41.4 Å². The Hall–Kier alpha value is -3.15. The van der Waals surface area contributed by atoms with E-state index in [2.05, 4.69) is 0 Å². The third kappa shape index (κ3) is 4.34. The van der Waals surface area contributed by atoms with Crippen molar-refractivity contribution in [1.29, 1.82) is 0 Å². The molecular formula is C21H22N2O4. The van der Waals surface area contributed by atoms with E-state index in [9.17, 15) is 14.4 Å². The number of carbonyl (C=O) groups is 3. The number of rotatable bonds is 6. The summed E-state index contributed by atoms with van der Waals surface area (Å²) < 4.78 is 0. The van der Waals surface area contributed by atoms with Crippen LogP contribution < -0.4 is 4.90 Å². The Balaban J connectivity index is 1.59. The topological polar surface area (TPSA) is 77.9 Å². The highest BCUT2D eigenvalue weighted by atomic mass is 16.4. The van der Waals surface area contributed by atoms with Crippen molar-refractivity contribution in [1.82, 2.24) is 4.90 Å². The molecule has 0 aromatic heterocycles. The first-order chi connectivity index (χ1) is 13.0. The van der Waals surface area contributed by atoms with Gasteiger partial charge in [0, 0.05) is 38.7 Å². The minimum absolute atomic E-state index is 0.0495. The molecule has 1 aliphatic heterocycles. The normalized spacial score (nSPS) is 13.2. The summed E-state index contributed by atoms with van der Waals surface area (Å²) in [6, 6.07) is 14.3. The zero-order valence-electron chi connectivity index (χ0n) is 15.2. The zero-order chi connectivity index (χ0) is 19.4. The van der Waals surface area contributed by atoms with Crippen LogP contribution in [0.5, 0.6) is 0 Å². The molecule has 0 spiro atoms. The van der Waals surface area contributed by atoms with E-state index < -0.39 is 5.97 Å². The minimum atomic E-state index is -0.975. The molecule has 6 nitrogen and oxygen atoms in total. The van der Waals surface area contributed by atoms with Gasteiger partial charge >= 0.3 is 5.97 Å². The molecule has 0 saturated heterocycles. The summed E-state index contributed by atoms with van der Waals surface area (Å²) in [6.07, 6.45) is 1.45. The molecule has 0 unspecified atom stereocenters. The van der Waals surface area contributed by atoms with Crippen LogP contribution in [0.15, 0.2) is 48.5 Å². The molecule has 0 bridgehead atoms. The number of carboxylic acids is 1. The largest absolute Gasteiger partial charge is 0.478 e. The number of aromatic carboxylic acids is 1. The summed E-state index contributed by atoms with van der Waals surface area (Å²) in [4.78, 5) is 38.9. The smallest absolute Gasteiger partial charge is 0.335 e. The van der Waals surface area contributed by atoms with Gasteiger partial charge in [0.1, 0.15) is 0 Å². The standard InChI is InChI=1S/C21H22N2O4/c1-22(14-15-6-8-17(9-7-15)21(26)27)19(24)12-13-23-18-5-3-2-4-16(18)10-11-20(23)25/h2-9H,10-14H2,1H3,(H,26,27). The van der Waals surface area contributed by atoms with Gasteiger partial charge in [0.25, 0.3) is 0 Å². The summed E-state index contributed by atoms with van der Waals surface area (Å²) in [5, 5.41) is 8.93. The van der Waals surface area contributed by atoms with Crippen molar-refractivity contribution in [2.24, 2.45) is 0 Å². The van der Waals surface area contributed by atoms with Crippen LogP contribution >= 0.6 is 0 Å². The highest BCUT2D eigenvalue weighted by molar-refractivity contribution is 5.97. The Morgan fingerprint density at radius 2 is 1.78 bits per heavy atom. The Morgan fingerprint density at radius 1 is 1.07 bits per heavy atom. The average Bonchev–Trinajstić information content (AvgIpc) is 2.67. The van der Waals surface area contributed by atoms with Crippen molar-refractivity contribution in [2.45, 2.75) is 25.8 Å². The predicted molar refractivity (Wildman–Crippen MR) is 102 cm³/mol. The lowest BCUT2D eigenvalue weighted by molar-refractivity contribution is -0.130. The predicted octanol–water partition coefficient (Wildman–Crippen LogP) is 2.71. The van der Waals surface area contributed by atoms with E-state index in [0.717, 1.165) is 23.2 Å². The number of benzene rings is 2. The number of fused-ring (bicyclic) bond motifs is 1.